The van der Waals surface area contributed by atoms with Gasteiger partial charge in [0.25, 0.3) is 0 Å². The first-order valence-corrected chi connectivity index (χ1v) is 13.0. The van der Waals surface area contributed by atoms with Crippen LogP contribution < -0.4 is 0 Å². The van der Waals surface area contributed by atoms with Crippen molar-refractivity contribution in [3.05, 3.63) is 115 Å². The minimum Gasteiger partial charge on any atom is -0.203 e. The highest BCUT2D eigenvalue weighted by Gasteiger charge is 2.63. The summed E-state index contributed by atoms with van der Waals surface area (Å²) in [7, 11) is 0. The number of benzene rings is 3. The van der Waals surface area contributed by atoms with Crippen LogP contribution in [-0.4, -0.2) is 0 Å². The smallest absolute Gasteiger partial charge is 0.180 e. The average Bonchev–Trinajstić information content (AvgIpc) is 3.60. The third kappa shape index (κ3) is 4.75. The summed E-state index contributed by atoms with van der Waals surface area (Å²) in [5, 5.41) is 37.7. The molecular formula is C32H12F12N4. The number of hydrogen-bond acceptors (Lipinski definition) is 4. The summed E-state index contributed by atoms with van der Waals surface area (Å²) in [4.78, 5) is 0. The predicted molar refractivity (Wildman–Crippen MR) is 139 cm³/mol. The quantitative estimate of drug-likeness (QED) is 0.117. The van der Waals surface area contributed by atoms with Gasteiger partial charge in [-0.05, 0) is 24.5 Å². The Kier molecular flexibility index (Phi) is 8.87. The fourth-order valence-electron chi connectivity index (χ4n) is 5.69. The SMILES string of the molecule is Cc1c(F)c(F)c(/C(C#N)=C(/C=C(/C#N)c2c(F)c(F)c(C#N)c(F)c2F)C2(C)C(C)C2c2c(F)c(F)c(C#N)c(F)c2F)c(F)c1F. The van der Waals surface area contributed by atoms with Crippen LogP contribution in [0.15, 0.2) is 11.6 Å². The van der Waals surface area contributed by atoms with E-state index >= 15 is 26.3 Å². The van der Waals surface area contributed by atoms with Crippen molar-refractivity contribution in [3.8, 4) is 24.3 Å². The van der Waals surface area contributed by atoms with Gasteiger partial charge in [0.15, 0.2) is 69.8 Å². The Morgan fingerprint density at radius 1 is 0.583 bits per heavy atom. The van der Waals surface area contributed by atoms with Crippen LogP contribution in [0, 0.1) is 133 Å². The normalized spacial score (nSPS) is 19.2. The van der Waals surface area contributed by atoms with Crippen molar-refractivity contribution < 1.29 is 52.7 Å². The van der Waals surface area contributed by atoms with E-state index in [1.807, 2.05) is 0 Å². The Balaban J connectivity index is 2.22. The molecule has 16 heteroatoms. The van der Waals surface area contributed by atoms with Crippen molar-refractivity contribution in [1.82, 2.24) is 0 Å². The standard InChI is InChI=1S/C32H12F12N4/c1-9-20(33)28(41)17(29(42)21(9)34)12(6-46)15(4-11(5-45)16-26(39)22(35)13(7-47)23(36)27(16)40)32(3)10(2)19(32)18-30(43)24(37)14(8-48)25(38)31(18)44/h4,10,19H,1-3H3/b11-4-,15-12-. The summed E-state index contributed by atoms with van der Waals surface area (Å²) in [6, 6.07) is 4.06. The molecule has 0 spiro atoms. The average molecular weight is 680 g/mol. The molecule has 3 atom stereocenters. The molecule has 3 unspecified atom stereocenters. The van der Waals surface area contributed by atoms with Crippen LogP contribution in [-0.2, 0) is 0 Å². The fourth-order valence-corrected chi connectivity index (χ4v) is 5.69. The molecule has 0 heterocycles. The lowest BCUT2D eigenvalue weighted by atomic mass is 9.83. The van der Waals surface area contributed by atoms with Gasteiger partial charge in [0.2, 0.25) is 0 Å². The van der Waals surface area contributed by atoms with Gasteiger partial charge in [-0.3, -0.25) is 0 Å². The molecule has 0 amide bonds. The summed E-state index contributed by atoms with van der Waals surface area (Å²) in [6.45, 7) is 2.57. The lowest BCUT2D eigenvalue weighted by Gasteiger charge is -2.20. The Morgan fingerprint density at radius 2 is 0.979 bits per heavy atom. The molecule has 0 aliphatic heterocycles. The maximum atomic E-state index is 15.3. The molecule has 1 fully saturated rings. The van der Waals surface area contributed by atoms with E-state index in [9.17, 15) is 36.9 Å². The molecule has 4 nitrogen and oxygen atoms in total. The number of nitrogens with zero attached hydrogens (tertiary/aromatic N) is 4. The third-order valence-corrected chi connectivity index (χ3v) is 8.45. The lowest BCUT2D eigenvalue weighted by molar-refractivity contribution is 0.431. The van der Waals surface area contributed by atoms with Gasteiger partial charge < -0.3 is 0 Å². The zero-order valence-corrected chi connectivity index (χ0v) is 24.1. The second-order valence-corrected chi connectivity index (χ2v) is 10.6. The van der Waals surface area contributed by atoms with E-state index < -0.39 is 137 Å². The zero-order valence-electron chi connectivity index (χ0n) is 24.1. The van der Waals surface area contributed by atoms with Crippen molar-refractivity contribution in [2.45, 2.75) is 26.7 Å². The third-order valence-electron chi connectivity index (χ3n) is 8.45. The zero-order chi connectivity index (χ0) is 36.3. The van der Waals surface area contributed by atoms with Gasteiger partial charge in [0.05, 0.1) is 28.3 Å². The van der Waals surface area contributed by atoms with Crippen LogP contribution in [0.3, 0.4) is 0 Å². The Bertz CT molecular complexity index is 2130. The minimum atomic E-state index is -2.36. The summed E-state index contributed by atoms with van der Waals surface area (Å²) in [6.07, 6.45) is 0.169. The first kappa shape index (κ1) is 35.1. The van der Waals surface area contributed by atoms with Gasteiger partial charge in [0.1, 0.15) is 29.3 Å². The van der Waals surface area contributed by atoms with Crippen LogP contribution >= 0.6 is 0 Å². The molecule has 0 saturated heterocycles. The summed E-state index contributed by atoms with van der Waals surface area (Å²) < 4.78 is 179. The number of allylic oxidation sites excluding steroid dienone is 4. The molecule has 1 aliphatic carbocycles. The van der Waals surface area contributed by atoms with E-state index in [0.717, 1.165) is 32.1 Å². The maximum absolute atomic E-state index is 15.3. The summed E-state index contributed by atoms with van der Waals surface area (Å²) in [5.74, 6) is -29.9. The molecule has 48 heavy (non-hydrogen) atoms. The summed E-state index contributed by atoms with van der Waals surface area (Å²) in [5.41, 5.74) is -16.2. The van der Waals surface area contributed by atoms with Crippen LogP contribution in [0.25, 0.3) is 11.1 Å². The van der Waals surface area contributed by atoms with E-state index in [1.54, 1.807) is 0 Å². The van der Waals surface area contributed by atoms with Crippen molar-refractivity contribution in [2.24, 2.45) is 11.3 Å². The van der Waals surface area contributed by atoms with Gasteiger partial charge in [-0.15, -0.1) is 0 Å². The number of rotatable bonds is 5. The van der Waals surface area contributed by atoms with Crippen LogP contribution in [0.4, 0.5) is 52.7 Å². The molecule has 0 N–H and O–H groups in total. The van der Waals surface area contributed by atoms with Crippen LogP contribution in [0.2, 0.25) is 0 Å². The van der Waals surface area contributed by atoms with E-state index in [2.05, 4.69) is 0 Å². The topological polar surface area (TPSA) is 95.2 Å². The molecular weight excluding hydrogens is 668 g/mol. The highest BCUT2D eigenvalue weighted by molar-refractivity contribution is 5.89. The molecule has 3 aromatic rings. The second-order valence-electron chi connectivity index (χ2n) is 10.6. The summed E-state index contributed by atoms with van der Waals surface area (Å²) >= 11 is 0. The van der Waals surface area contributed by atoms with Crippen molar-refractivity contribution in [3.63, 3.8) is 0 Å². The molecule has 0 aromatic heterocycles. The van der Waals surface area contributed by atoms with Gasteiger partial charge in [-0.2, -0.15) is 21.0 Å². The highest BCUT2D eigenvalue weighted by atomic mass is 19.2. The van der Waals surface area contributed by atoms with E-state index in [-0.39, 0.29) is 6.08 Å². The van der Waals surface area contributed by atoms with Gasteiger partial charge in [-0.25, -0.2) is 52.7 Å². The van der Waals surface area contributed by atoms with Crippen LogP contribution in [0.5, 0.6) is 0 Å². The van der Waals surface area contributed by atoms with E-state index in [4.69, 9.17) is 10.5 Å². The fraction of sp³-hybridized carbons (Fsp3) is 0.188. The Labute approximate surface area is 262 Å². The van der Waals surface area contributed by atoms with Crippen LogP contribution in [0.1, 0.15) is 53.1 Å². The highest BCUT2D eigenvalue weighted by Crippen LogP contribution is 2.70. The number of hydrogen-bond donors (Lipinski definition) is 0. The molecule has 244 valence electrons. The first-order valence-electron chi connectivity index (χ1n) is 13.0. The Morgan fingerprint density at radius 3 is 1.35 bits per heavy atom. The second kappa shape index (κ2) is 12.1. The monoisotopic (exact) mass is 680 g/mol. The molecule has 3 aromatic carbocycles. The van der Waals surface area contributed by atoms with E-state index in [0.29, 0.717) is 6.92 Å². The lowest BCUT2D eigenvalue weighted by Crippen LogP contribution is -2.13. The largest absolute Gasteiger partial charge is 0.203 e. The van der Waals surface area contributed by atoms with Crippen molar-refractivity contribution in [1.29, 1.82) is 21.0 Å². The molecule has 1 aliphatic rings. The molecule has 4 rings (SSSR count). The maximum Gasteiger partial charge on any atom is 0.180 e. The first-order chi connectivity index (χ1) is 22.4. The molecule has 1 saturated carbocycles. The number of nitriles is 4. The number of halogens is 12. The minimum absolute atomic E-state index is 0.169. The molecule has 0 bridgehead atoms. The predicted octanol–water partition coefficient (Wildman–Crippen LogP) is 8.73. The van der Waals surface area contributed by atoms with Crippen molar-refractivity contribution in [2.75, 3.05) is 0 Å². The van der Waals surface area contributed by atoms with Crippen molar-refractivity contribution >= 4 is 11.1 Å². The molecule has 0 radical (unpaired) electrons. The van der Waals surface area contributed by atoms with Gasteiger partial charge in [-0.1, -0.05) is 13.8 Å². The van der Waals surface area contributed by atoms with E-state index in [1.165, 1.54) is 6.07 Å². The van der Waals surface area contributed by atoms with Gasteiger partial charge in [0, 0.05) is 22.5 Å². The van der Waals surface area contributed by atoms with Gasteiger partial charge >= 0.3 is 0 Å². The Hall–Kier alpha value is -5.74.